The van der Waals surface area contributed by atoms with Crippen molar-refractivity contribution < 1.29 is 13.5 Å². The van der Waals surface area contributed by atoms with Gasteiger partial charge in [0.15, 0.2) is 11.6 Å². The quantitative estimate of drug-likeness (QED) is 0.639. The van der Waals surface area contributed by atoms with Crippen LogP contribution in [0.4, 0.5) is 31.5 Å². The molecule has 0 fully saturated rings. The number of halogens is 2. The molecule has 138 valence electrons. The Hall–Kier alpha value is -4.10. The van der Waals surface area contributed by atoms with E-state index in [1.807, 2.05) is 0 Å². The highest BCUT2D eigenvalue weighted by Crippen LogP contribution is 2.38. The molecule has 0 unspecified atom stereocenters. The number of rotatable bonds is 5. The van der Waals surface area contributed by atoms with Crippen LogP contribution in [0.1, 0.15) is 11.1 Å². The third kappa shape index (κ3) is 3.55. The number of nitrogens with one attached hydrogen (secondary N) is 2. The Morgan fingerprint density at radius 1 is 0.786 bits per heavy atom. The number of ether oxygens (including phenoxy) is 1. The van der Waals surface area contributed by atoms with Crippen molar-refractivity contribution in [3.05, 3.63) is 77.4 Å². The lowest BCUT2D eigenvalue weighted by molar-refractivity contribution is 0.415. The van der Waals surface area contributed by atoms with Crippen molar-refractivity contribution in [3.63, 3.8) is 0 Å². The summed E-state index contributed by atoms with van der Waals surface area (Å²) in [6.07, 6.45) is 0. The van der Waals surface area contributed by atoms with E-state index in [2.05, 4.69) is 10.6 Å². The highest BCUT2D eigenvalue weighted by atomic mass is 19.1. The Kier molecular flexibility index (Phi) is 5.38. The van der Waals surface area contributed by atoms with Crippen molar-refractivity contribution >= 4 is 22.7 Å². The van der Waals surface area contributed by atoms with E-state index in [4.69, 9.17) is 4.74 Å². The monoisotopic (exact) mass is 376 g/mol. The van der Waals surface area contributed by atoms with Crippen LogP contribution in [-0.2, 0) is 0 Å². The molecule has 3 aromatic rings. The maximum absolute atomic E-state index is 15.1. The highest BCUT2D eigenvalue weighted by Gasteiger charge is 2.25. The molecule has 28 heavy (non-hydrogen) atoms. The minimum atomic E-state index is -1.03. The van der Waals surface area contributed by atoms with Gasteiger partial charge < -0.3 is 15.4 Å². The Labute approximate surface area is 160 Å². The first-order chi connectivity index (χ1) is 13.6. The minimum Gasteiger partial charge on any atom is -0.497 e. The highest BCUT2D eigenvalue weighted by molar-refractivity contribution is 5.83. The van der Waals surface area contributed by atoms with Gasteiger partial charge in [-0.3, -0.25) is 0 Å². The van der Waals surface area contributed by atoms with Crippen molar-refractivity contribution in [2.45, 2.75) is 0 Å². The maximum Gasteiger partial charge on any atom is 0.168 e. The van der Waals surface area contributed by atoms with Crippen LogP contribution in [0, 0.1) is 34.3 Å². The fourth-order valence-electron chi connectivity index (χ4n) is 2.64. The molecule has 0 saturated carbocycles. The number of para-hydroxylation sites is 1. The van der Waals surface area contributed by atoms with E-state index in [0.29, 0.717) is 17.1 Å². The first-order valence-electron chi connectivity index (χ1n) is 8.17. The van der Waals surface area contributed by atoms with Crippen molar-refractivity contribution in [2.24, 2.45) is 0 Å². The van der Waals surface area contributed by atoms with Gasteiger partial charge in [0, 0.05) is 17.4 Å². The van der Waals surface area contributed by atoms with Gasteiger partial charge in [-0.05, 0) is 24.3 Å². The van der Waals surface area contributed by atoms with Crippen molar-refractivity contribution in [1.82, 2.24) is 0 Å². The topological polar surface area (TPSA) is 80.9 Å². The summed E-state index contributed by atoms with van der Waals surface area (Å²) in [6, 6.07) is 18.3. The van der Waals surface area contributed by atoms with Gasteiger partial charge in [0.2, 0.25) is 0 Å². The molecule has 0 bridgehead atoms. The van der Waals surface area contributed by atoms with Crippen molar-refractivity contribution in [1.29, 1.82) is 10.5 Å². The van der Waals surface area contributed by atoms with E-state index in [9.17, 15) is 10.5 Å². The number of nitrogens with zero attached hydrogens (tertiary/aromatic N) is 2. The molecule has 0 aliphatic carbocycles. The standard InChI is InChI=1S/C21H14F2N4O/c1-28-15-9-5-8-14(10-15)27-21-19(23)17(12-25)16(11-24)18(22)20(21)26-13-6-3-2-4-7-13/h2-10,26-27H,1H3. The van der Waals surface area contributed by atoms with E-state index in [0.717, 1.165) is 0 Å². The summed E-state index contributed by atoms with van der Waals surface area (Å²) in [7, 11) is 1.48. The molecular weight excluding hydrogens is 362 g/mol. The number of hydrogen-bond donors (Lipinski definition) is 2. The van der Waals surface area contributed by atoms with Crippen LogP contribution in [0.3, 0.4) is 0 Å². The van der Waals surface area contributed by atoms with Crippen LogP contribution in [0.5, 0.6) is 5.75 Å². The van der Waals surface area contributed by atoms with Gasteiger partial charge in [0.25, 0.3) is 0 Å². The Morgan fingerprint density at radius 2 is 1.32 bits per heavy atom. The normalized spacial score (nSPS) is 9.89. The van der Waals surface area contributed by atoms with Gasteiger partial charge in [-0.2, -0.15) is 10.5 Å². The number of methoxy groups -OCH3 is 1. The number of benzene rings is 3. The van der Waals surface area contributed by atoms with Gasteiger partial charge in [0.05, 0.1) is 7.11 Å². The fraction of sp³-hybridized carbons (Fsp3) is 0.0476. The molecule has 0 spiro atoms. The zero-order chi connectivity index (χ0) is 20.1. The second-order valence-corrected chi connectivity index (χ2v) is 5.70. The molecule has 2 N–H and O–H groups in total. The first kappa shape index (κ1) is 18.7. The lowest BCUT2D eigenvalue weighted by atomic mass is 10.0. The van der Waals surface area contributed by atoms with Crippen LogP contribution < -0.4 is 15.4 Å². The summed E-state index contributed by atoms with van der Waals surface area (Å²) in [5.41, 5.74) is -0.976. The van der Waals surface area contributed by atoms with E-state index >= 15 is 8.78 Å². The molecule has 0 saturated heterocycles. The predicted molar refractivity (Wildman–Crippen MR) is 102 cm³/mol. The molecule has 0 aliphatic rings. The molecular formula is C21H14F2N4O. The molecule has 3 rings (SSSR count). The second-order valence-electron chi connectivity index (χ2n) is 5.70. The lowest BCUT2D eigenvalue weighted by Crippen LogP contribution is -2.08. The largest absolute Gasteiger partial charge is 0.497 e. The summed E-state index contributed by atoms with van der Waals surface area (Å²) >= 11 is 0. The van der Waals surface area contributed by atoms with E-state index in [1.54, 1.807) is 66.7 Å². The SMILES string of the molecule is COc1cccc(Nc2c(F)c(C#N)c(C#N)c(F)c2Nc2ccccc2)c1. The van der Waals surface area contributed by atoms with Crippen molar-refractivity contribution in [2.75, 3.05) is 17.7 Å². The minimum absolute atomic E-state index is 0.276. The van der Waals surface area contributed by atoms with Crippen LogP contribution in [0.25, 0.3) is 0 Å². The fourth-order valence-corrected chi connectivity index (χ4v) is 2.64. The van der Waals surface area contributed by atoms with Crippen LogP contribution in [0.2, 0.25) is 0 Å². The summed E-state index contributed by atoms with van der Waals surface area (Å²) in [5.74, 6) is -1.53. The first-order valence-corrected chi connectivity index (χ1v) is 8.17. The van der Waals surface area contributed by atoms with E-state index in [1.165, 1.54) is 7.11 Å². The molecule has 0 heterocycles. The van der Waals surface area contributed by atoms with Crippen LogP contribution in [0.15, 0.2) is 54.6 Å². The molecule has 0 aromatic heterocycles. The van der Waals surface area contributed by atoms with Gasteiger partial charge in [-0.1, -0.05) is 24.3 Å². The smallest absolute Gasteiger partial charge is 0.168 e. The van der Waals surface area contributed by atoms with Gasteiger partial charge in [-0.25, -0.2) is 8.78 Å². The van der Waals surface area contributed by atoms with Crippen molar-refractivity contribution in [3.8, 4) is 17.9 Å². The second kappa shape index (κ2) is 8.07. The Morgan fingerprint density at radius 3 is 1.86 bits per heavy atom. The number of nitriles is 2. The predicted octanol–water partition coefficient (Wildman–Crippen LogP) is 5.20. The zero-order valence-electron chi connectivity index (χ0n) is 14.8. The summed E-state index contributed by atoms with van der Waals surface area (Å²) < 4.78 is 35.2. The van der Waals surface area contributed by atoms with Crippen LogP contribution in [-0.4, -0.2) is 7.11 Å². The molecule has 0 amide bonds. The average molecular weight is 376 g/mol. The van der Waals surface area contributed by atoms with E-state index < -0.39 is 22.8 Å². The van der Waals surface area contributed by atoms with Gasteiger partial charge in [-0.15, -0.1) is 0 Å². The maximum atomic E-state index is 15.1. The average Bonchev–Trinajstić information content (AvgIpc) is 2.73. The lowest BCUT2D eigenvalue weighted by Gasteiger charge is -2.18. The summed E-state index contributed by atoms with van der Waals surface area (Å²) in [4.78, 5) is 0. The molecule has 0 radical (unpaired) electrons. The molecule has 7 heteroatoms. The third-order valence-corrected chi connectivity index (χ3v) is 3.98. The zero-order valence-corrected chi connectivity index (χ0v) is 14.8. The third-order valence-electron chi connectivity index (χ3n) is 3.98. The summed E-state index contributed by atoms with van der Waals surface area (Å²) in [5, 5.41) is 24.0. The molecule has 0 aliphatic heterocycles. The van der Waals surface area contributed by atoms with E-state index in [-0.39, 0.29) is 11.4 Å². The summed E-state index contributed by atoms with van der Waals surface area (Å²) in [6.45, 7) is 0. The van der Waals surface area contributed by atoms with Crippen LogP contribution >= 0.6 is 0 Å². The molecule has 0 atom stereocenters. The Balaban J connectivity index is 2.19. The molecule has 5 nitrogen and oxygen atoms in total. The van der Waals surface area contributed by atoms with Gasteiger partial charge in [0.1, 0.15) is 40.4 Å². The number of anilines is 4. The number of hydrogen-bond acceptors (Lipinski definition) is 5. The van der Waals surface area contributed by atoms with Gasteiger partial charge >= 0.3 is 0 Å². The molecule has 3 aromatic carbocycles. The Bertz CT molecular complexity index is 1100.